The number of carbonyl (C=O) groups is 1. The van der Waals surface area contributed by atoms with Crippen molar-refractivity contribution in [2.24, 2.45) is 0 Å². The third-order valence-electron chi connectivity index (χ3n) is 3.12. The van der Waals surface area contributed by atoms with E-state index in [9.17, 15) is 9.18 Å². The predicted molar refractivity (Wildman–Crippen MR) is 72.2 cm³/mol. The van der Waals surface area contributed by atoms with Crippen LogP contribution in [0, 0.1) is 5.82 Å². The average molecular weight is 267 g/mol. The molecule has 0 atom stereocenters. The van der Waals surface area contributed by atoms with Crippen molar-refractivity contribution in [2.75, 3.05) is 18.8 Å². The molecule has 0 aromatic heterocycles. The number of halogens is 1. The second-order valence-electron chi connectivity index (χ2n) is 4.54. The fourth-order valence-electron chi connectivity index (χ4n) is 2.11. The minimum atomic E-state index is -0.248. The molecule has 0 saturated carbocycles. The summed E-state index contributed by atoms with van der Waals surface area (Å²) in [4.78, 5) is 14.8. The summed E-state index contributed by atoms with van der Waals surface area (Å²) in [6, 6.07) is 6.40. The van der Waals surface area contributed by atoms with E-state index in [1.54, 1.807) is 6.07 Å². The molecule has 4 heteroatoms. The first-order valence-electron chi connectivity index (χ1n) is 6.42. The maximum atomic E-state index is 13.0. The first kappa shape index (κ1) is 13.4. The molecule has 18 heavy (non-hydrogen) atoms. The van der Waals surface area contributed by atoms with Gasteiger partial charge in [-0.05, 0) is 31.0 Å². The Morgan fingerprint density at radius 3 is 2.61 bits per heavy atom. The highest BCUT2D eigenvalue weighted by Crippen LogP contribution is 2.20. The normalized spacial score (nSPS) is 16.4. The van der Waals surface area contributed by atoms with Gasteiger partial charge < -0.3 is 4.90 Å². The summed E-state index contributed by atoms with van der Waals surface area (Å²) in [5, 5.41) is 0. The summed E-state index contributed by atoms with van der Waals surface area (Å²) < 4.78 is 13.0. The van der Waals surface area contributed by atoms with E-state index in [0.717, 1.165) is 30.8 Å². The second kappa shape index (κ2) is 6.78. The molecule has 2 nitrogen and oxygen atoms in total. The zero-order valence-corrected chi connectivity index (χ0v) is 11.2. The zero-order valence-electron chi connectivity index (χ0n) is 10.4. The van der Waals surface area contributed by atoms with Gasteiger partial charge in [0.1, 0.15) is 5.82 Å². The molecular formula is C14H18FNOS. The van der Waals surface area contributed by atoms with Gasteiger partial charge in [-0.2, -0.15) is 0 Å². The summed E-state index contributed by atoms with van der Waals surface area (Å²) >= 11 is 1.41. The number of nitrogens with zero attached hydrogens (tertiary/aromatic N) is 1. The van der Waals surface area contributed by atoms with Crippen LogP contribution in [0.5, 0.6) is 0 Å². The Kier molecular flexibility index (Phi) is 5.05. The van der Waals surface area contributed by atoms with Gasteiger partial charge in [0.05, 0.1) is 5.75 Å². The van der Waals surface area contributed by atoms with Crippen LogP contribution in [0.25, 0.3) is 0 Å². The van der Waals surface area contributed by atoms with Crippen LogP contribution in [0.1, 0.15) is 25.7 Å². The maximum absolute atomic E-state index is 13.0. The molecule has 0 radical (unpaired) electrons. The first-order valence-corrected chi connectivity index (χ1v) is 7.40. The van der Waals surface area contributed by atoms with Gasteiger partial charge in [0.25, 0.3) is 0 Å². The molecule has 0 unspecified atom stereocenters. The monoisotopic (exact) mass is 267 g/mol. The third-order valence-corrected chi connectivity index (χ3v) is 4.10. The second-order valence-corrected chi connectivity index (χ2v) is 5.59. The number of hydrogen-bond acceptors (Lipinski definition) is 2. The Labute approximate surface area is 112 Å². The summed E-state index contributed by atoms with van der Waals surface area (Å²) in [5.74, 6) is 0.331. The first-order chi connectivity index (χ1) is 8.75. The Morgan fingerprint density at radius 2 is 1.94 bits per heavy atom. The molecule has 1 saturated heterocycles. The summed E-state index contributed by atoms with van der Waals surface area (Å²) in [6.07, 6.45) is 4.66. The van der Waals surface area contributed by atoms with Crippen LogP contribution in [0.3, 0.4) is 0 Å². The molecule has 0 aliphatic carbocycles. The lowest BCUT2D eigenvalue weighted by molar-refractivity contribution is -0.128. The number of rotatable bonds is 3. The number of likely N-dealkylation sites (tertiary alicyclic amines) is 1. The highest BCUT2D eigenvalue weighted by Gasteiger charge is 2.15. The zero-order chi connectivity index (χ0) is 12.8. The molecule has 0 spiro atoms. The van der Waals surface area contributed by atoms with Gasteiger partial charge in [-0.3, -0.25) is 4.79 Å². The van der Waals surface area contributed by atoms with E-state index in [0.29, 0.717) is 5.75 Å². The van der Waals surface area contributed by atoms with Gasteiger partial charge >= 0.3 is 0 Å². The van der Waals surface area contributed by atoms with Crippen molar-refractivity contribution in [2.45, 2.75) is 30.6 Å². The maximum Gasteiger partial charge on any atom is 0.232 e. The van der Waals surface area contributed by atoms with Gasteiger partial charge in [-0.15, -0.1) is 11.8 Å². The van der Waals surface area contributed by atoms with Crippen molar-refractivity contribution in [3.63, 3.8) is 0 Å². The van der Waals surface area contributed by atoms with Gasteiger partial charge in [-0.1, -0.05) is 18.9 Å². The third kappa shape index (κ3) is 4.02. The average Bonchev–Trinajstić information content (AvgIpc) is 2.65. The van der Waals surface area contributed by atoms with Crippen molar-refractivity contribution >= 4 is 17.7 Å². The molecule has 1 heterocycles. The molecule has 0 N–H and O–H groups in total. The number of benzene rings is 1. The molecule has 2 rings (SSSR count). The topological polar surface area (TPSA) is 20.3 Å². The van der Waals surface area contributed by atoms with E-state index in [-0.39, 0.29) is 11.7 Å². The molecule has 1 aliphatic rings. The van der Waals surface area contributed by atoms with E-state index in [1.165, 1.54) is 36.7 Å². The Hall–Kier alpha value is -1.03. The minimum absolute atomic E-state index is 0.172. The molecule has 1 aromatic carbocycles. The molecule has 1 aromatic rings. The van der Waals surface area contributed by atoms with Gasteiger partial charge in [-0.25, -0.2) is 4.39 Å². The summed E-state index contributed by atoms with van der Waals surface area (Å²) in [5.41, 5.74) is 0. The lowest BCUT2D eigenvalue weighted by Crippen LogP contribution is -2.33. The van der Waals surface area contributed by atoms with Gasteiger partial charge in [0.15, 0.2) is 0 Å². The highest BCUT2D eigenvalue weighted by molar-refractivity contribution is 8.00. The number of amides is 1. The number of hydrogen-bond donors (Lipinski definition) is 0. The Balaban J connectivity index is 1.83. The van der Waals surface area contributed by atoms with E-state index < -0.39 is 0 Å². The Bertz CT molecular complexity index is 403. The lowest BCUT2D eigenvalue weighted by atomic mass is 10.2. The van der Waals surface area contributed by atoms with Crippen molar-refractivity contribution in [1.29, 1.82) is 0 Å². The van der Waals surface area contributed by atoms with Crippen LogP contribution in [-0.2, 0) is 4.79 Å². The van der Waals surface area contributed by atoms with Gasteiger partial charge in [0, 0.05) is 18.0 Å². The van der Waals surface area contributed by atoms with Crippen LogP contribution < -0.4 is 0 Å². The number of carbonyl (C=O) groups excluding carboxylic acids is 1. The minimum Gasteiger partial charge on any atom is -0.342 e. The SMILES string of the molecule is O=C(CSc1cccc(F)c1)N1CCCCCC1. The van der Waals surface area contributed by atoms with Crippen LogP contribution in [0.15, 0.2) is 29.2 Å². The van der Waals surface area contributed by atoms with E-state index in [1.807, 2.05) is 11.0 Å². The smallest absolute Gasteiger partial charge is 0.232 e. The van der Waals surface area contributed by atoms with Crippen LogP contribution in [0.4, 0.5) is 4.39 Å². The summed E-state index contributed by atoms with van der Waals surface area (Å²) in [6.45, 7) is 1.76. The standard InChI is InChI=1S/C14H18FNOS/c15-12-6-5-7-13(10-12)18-11-14(17)16-8-3-1-2-4-9-16/h5-7,10H,1-4,8-9,11H2. The molecule has 0 bridgehead atoms. The van der Waals surface area contributed by atoms with E-state index in [2.05, 4.69) is 0 Å². The van der Waals surface area contributed by atoms with Crippen LogP contribution >= 0.6 is 11.8 Å². The van der Waals surface area contributed by atoms with Crippen LogP contribution in [0.2, 0.25) is 0 Å². The molecule has 1 fully saturated rings. The largest absolute Gasteiger partial charge is 0.342 e. The van der Waals surface area contributed by atoms with Crippen molar-refractivity contribution in [1.82, 2.24) is 4.90 Å². The van der Waals surface area contributed by atoms with Crippen molar-refractivity contribution in [3.8, 4) is 0 Å². The summed E-state index contributed by atoms with van der Waals surface area (Å²) in [7, 11) is 0. The van der Waals surface area contributed by atoms with Crippen molar-refractivity contribution < 1.29 is 9.18 Å². The fourth-order valence-corrected chi connectivity index (χ4v) is 2.96. The van der Waals surface area contributed by atoms with E-state index in [4.69, 9.17) is 0 Å². The fraction of sp³-hybridized carbons (Fsp3) is 0.500. The van der Waals surface area contributed by atoms with Gasteiger partial charge in [0.2, 0.25) is 5.91 Å². The molecular weight excluding hydrogens is 249 g/mol. The lowest BCUT2D eigenvalue weighted by Gasteiger charge is -2.19. The Morgan fingerprint density at radius 1 is 1.22 bits per heavy atom. The molecule has 98 valence electrons. The highest BCUT2D eigenvalue weighted by atomic mass is 32.2. The van der Waals surface area contributed by atoms with E-state index >= 15 is 0 Å². The number of thioether (sulfide) groups is 1. The van der Waals surface area contributed by atoms with Crippen molar-refractivity contribution in [3.05, 3.63) is 30.1 Å². The molecule has 1 amide bonds. The van der Waals surface area contributed by atoms with Crippen LogP contribution in [-0.4, -0.2) is 29.6 Å². The molecule has 1 aliphatic heterocycles. The quantitative estimate of drug-likeness (QED) is 0.783. The predicted octanol–water partition coefficient (Wildman–Crippen LogP) is 3.32.